The molecule has 0 aliphatic carbocycles. The average molecular weight is 192 g/mol. The minimum absolute atomic E-state index is 0.0463. The van der Waals surface area contributed by atoms with Crippen LogP contribution >= 0.6 is 0 Å². The number of hydrogen-bond donors (Lipinski definition) is 2. The summed E-state index contributed by atoms with van der Waals surface area (Å²) in [5.74, 6) is 0.162. The van der Waals surface area contributed by atoms with E-state index in [9.17, 15) is 9.90 Å². The zero-order valence-electron chi connectivity index (χ0n) is 8.11. The number of phenolic OH excluding ortho intramolecular Hbond substituents is 1. The quantitative estimate of drug-likeness (QED) is 0.721. The largest absolute Gasteiger partial charge is 0.508 e. The van der Waals surface area contributed by atoms with Gasteiger partial charge in [0.25, 0.3) is 5.56 Å². The summed E-state index contributed by atoms with van der Waals surface area (Å²) in [5, 5.41) is 12.8. The molecule has 1 aromatic carbocycles. The van der Waals surface area contributed by atoms with Crippen LogP contribution in [-0.4, -0.2) is 14.9 Å². The maximum Gasteiger partial charge on any atom is 0.274 e. The first kappa shape index (κ1) is 8.87. The fourth-order valence-corrected chi connectivity index (χ4v) is 1.49. The molecule has 14 heavy (non-hydrogen) atoms. The first-order valence-corrected chi connectivity index (χ1v) is 4.53. The van der Waals surface area contributed by atoms with Gasteiger partial charge >= 0.3 is 0 Å². The number of H-pyrrole nitrogens is 1. The lowest BCUT2D eigenvalue weighted by atomic mass is 10.2. The normalized spacial score (nSPS) is 11.4. The number of aromatic amines is 1. The molecule has 2 rings (SSSR count). The van der Waals surface area contributed by atoms with Gasteiger partial charge in [-0.05, 0) is 26.0 Å². The SMILES string of the molecule is CC(C)n1[nH]c2cc(O)ccc2c1=O. The molecule has 0 aliphatic heterocycles. The molecule has 0 spiro atoms. The molecule has 0 amide bonds. The fraction of sp³-hybridized carbons (Fsp3) is 0.300. The Balaban J connectivity index is 2.80. The molecule has 0 saturated heterocycles. The van der Waals surface area contributed by atoms with Crippen LogP contribution in [0.15, 0.2) is 23.0 Å². The van der Waals surface area contributed by atoms with Gasteiger partial charge in [-0.1, -0.05) is 0 Å². The van der Waals surface area contributed by atoms with Crippen LogP contribution in [0.5, 0.6) is 5.75 Å². The van der Waals surface area contributed by atoms with Gasteiger partial charge in [0.05, 0.1) is 10.9 Å². The molecule has 0 bridgehead atoms. The highest BCUT2D eigenvalue weighted by Gasteiger charge is 2.08. The van der Waals surface area contributed by atoms with Crippen molar-refractivity contribution in [3.63, 3.8) is 0 Å². The maximum atomic E-state index is 11.7. The van der Waals surface area contributed by atoms with Crippen LogP contribution in [0, 0.1) is 0 Å². The van der Waals surface area contributed by atoms with E-state index in [0.29, 0.717) is 10.9 Å². The second-order valence-corrected chi connectivity index (χ2v) is 3.61. The summed E-state index contributed by atoms with van der Waals surface area (Å²) in [6.07, 6.45) is 0. The summed E-state index contributed by atoms with van der Waals surface area (Å²) < 4.78 is 1.55. The standard InChI is InChI=1S/C10H12N2O2/c1-6(2)12-10(14)8-4-3-7(13)5-9(8)11-12/h3-6,11,13H,1-2H3. The van der Waals surface area contributed by atoms with Crippen LogP contribution < -0.4 is 5.56 Å². The summed E-state index contributed by atoms with van der Waals surface area (Å²) in [7, 11) is 0. The summed E-state index contributed by atoms with van der Waals surface area (Å²) in [6.45, 7) is 3.85. The van der Waals surface area contributed by atoms with Crippen molar-refractivity contribution in [2.45, 2.75) is 19.9 Å². The van der Waals surface area contributed by atoms with E-state index in [-0.39, 0.29) is 17.4 Å². The zero-order chi connectivity index (χ0) is 10.3. The van der Waals surface area contributed by atoms with E-state index in [0.717, 1.165) is 0 Å². The van der Waals surface area contributed by atoms with Crippen LogP contribution in [0.3, 0.4) is 0 Å². The zero-order valence-corrected chi connectivity index (χ0v) is 8.11. The summed E-state index contributed by atoms with van der Waals surface area (Å²) >= 11 is 0. The number of rotatable bonds is 1. The van der Waals surface area contributed by atoms with Crippen molar-refractivity contribution in [3.05, 3.63) is 28.6 Å². The van der Waals surface area contributed by atoms with Crippen LogP contribution in [0.4, 0.5) is 0 Å². The summed E-state index contributed by atoms with van der Waals surface area (Å²) in [6, 6.07) is 4.79. The minimum atomic E-state index is -0.0463. The van der Waals surface area contributed by atoms with Gasteiger partial charge in [-0.2, -0.15) is 0 Å². The van der Waals surface area contributed by atoms with Crippen LogP contribution in [0.25, 0.3) is 10.9 Å². The number of benzene rings is 1. The third-order valence-corrected chi connectivity index (χ3v) is 2.21. The van der Waals surface area contributed by atoms with Gasteiger partial charge in [0.1, 0.15) is 5.75 Å². The third-order valence-electron chi connectivity index (χ3n) is 2.21. The van der Waals surface area contributed by atoms with Gasteiger partial charge in [0.15, 0.2) is 0 Å². The van der Waals surface area contributed by atoms with Gasteiger partial charge in [-0.3, -0.25) is 9.89 Å². The Kier molecular flexibility index (Phi) is 1.84. The highest BCUT2D eigenvalue weighted by Crippen LogP contribution is 2.16. The number of fused-ring (bicyclic) bond motifs is 1. The number of phenols is 1. The summed E-state index contributed by atoms with van der Waals surface area (Å²) in [5.41, 5.74) is 0.624. The van der Waals surface area contributed by atoms with E-state index < -0.39 is 0 Å². The smallest absolute Gasteiger partial charge is 0.274 e. The third kappa shape index (κ3) is 1.19. The lowest BCUT2D eigenvalue weighted by molar-refractivity contribution is 0.476. The molecule has 1 heterocycles. The number of aromatic hydroxyl groups is 1. The first-order chi connectivity index (χ1) is 6.59. The fourth-order valence-electron chi connectivity index (χ4n) is 1.49. The summed E-state index contributed by atoms with van der Waals surface area (Å²) in [4.78, 5) is 11.7. The molecule has 0 unspecified atom stereocenters. The number of nitrogens with one attached hydrogen (secondary N) is 1. The Morgan fingerprint density at radius 3 is 2.79 bits per heavy atom. The Morgan fingerprint density at radius 2 is 2.14 bits per heavy atom. The minimum Gasteiger partial charge on any atom is -0.508 e. The lowest BCUT2D eigenvalue weighted by Crippen LogP contribution is -2.18. The van der Waals surface area contributed by atoms with Gasteiger partial charge < -0.3 is 5.11 Å². The molecule has 0 atom stereocenters. The molecule has 2 N–H and O–H groups in total. The van der Waals surface area contributed by atoms with Gasteiger partial charge in [-0.15, -0.1) is 0 Å². The Labute approximate surface area is 80.8 Å². The molecule has 0 fully saturated rings. The Bertz CT molecular complexity index is 522. The van der Waals surface area contributed by atoms with Crippen molar-refractivity contribution in [1.29, 1.82) is 0 Å². The van der Waals surface area contributed by atoms with E-state index in [1.807, 2.05) is 13.8 Å². The number of aromatic nitrogens is 2. The molecular formula is C10H12N2O2. The lowest BCUT2D eigenvalue weighted by Gasteiger charge is -2.03. The molecule has 4 heteroatoms. The molecule has 0 saturated carbocycles. The van der Waals surface area contributed by atoms with Crippen LogP contribution in [0.2, 0.25) is 0 Å². The van der Waals surface area contributed by atoms with E-state index in [4.69, 9.17) is 0 Å². The van der Waals surface area contributed by atoms with Gasteiger partial charge in [0, 0.05) is 12.1 Å². The molecule has 0 radical (unpaired) electrons. The average Bonchev–Trinajstić information content (AvgIpc) is 2.43. The van der Waals surface area contributed by atoms with Crippen molar-refractivity contribution in [3.8, 4) is 5.75 Å². The van der Waals surface area contributed by atoms with E-state index in [1.165, 1.54) is 6.07 Å². The van der Waals surface area contributed by atoms with Crippen molar-refractivity contribution < 1.29 is 5.11 Å². The first-order valence-electron chi connectivity index (χ1n) is 4.53. The van der Waals surface area contributed by atoms with E-state index in [2.05, 4.69) is 5.10 Å². The van der Waals surface area contributed by atoms with Crippen molar-refractivity contribution in [2.24, 2.45) is 0 Å². The Morgan fingerprint density at radius 1 is 1.43 bits per heavy atom. The number of hydrogen-bond acceptors (Lipinski definition) is 2. The van der Waals surface area contributed by atoms with Crippen molar-refractivity contribution in [1.82, 2.24) is 9.78 Å². The second kappa shape index (κ2) is 2.90. The topological polar surface area (TPSA) is 58.0 Å². The van der Waals surface area contributed by atoms with Crippen LogP contribution in [0.1, 0.15) is 19.9 Å². The predicted molar refractivity (Wildman–Crippen MR) is 54.6 cm³/mol. The predicted octanol–water partition coefficient (Wildman–Crippen LogP) is 1.62. The number of nitrogens with zero attached hydrogens (tertiary/aromatic N) is 1. The van der Waals surface area contributed by atoms with Gasteiger partial charge in [-0.25, -0.2) is 4.68 Å². The highest BCUT2D eigenvalue weighted by molar-refractivity contribution is 5.79. The maximum absolute atomic E-state index is 11.7. The van der Waals surface area contributed by atoms with E-state index in [1.54, 1.807) is 16.8 Å². The van der Waals surface area contributed by atoms with Crippen molar-refractivity contribution in [2.75, 3.05) is 0 Å². The molecule has 1 aromatic heterocycles. The van der Waals surface area contributed by atoms with Crippen LogP contribution in [-0.2, 0) is 0 Å². The highest BCUT2D eigenvalue weighted by atomic mass is 16.3. The van der Waals surface area contributed by atoms with Gasteiger partial charge in [0.2, 0.25) is 0 Å². The molecular weight excluding hydrogens is 180 g/mol. The molecule has 0 aliphatic rings. The molecule has 4 nitrogen and oxygen atoms in total. The molecule has 74 valence electrons. The molecule has 2 aromatic rings. The monoisotopic (exact) mass is 192 g/mol. The van der Waals surface area contributed by atoms with Crippen molar-refractivity contribution >= 4 is 10.9 Å². The van der Waals surface area contributed by atoms with E-state index >= 15 is 0 Å². The Hall–Kier alpha value is -1.71. The second-order valence-electron chi connectivity index (χ2n) is 3.61.